The van der Waals surface area contributed by atoms with Crippen LogP contribution in [0.2, 0.25) is 0 Å². The van der Waals surface area contributed by atoms with Crippen LogP contribution in [0, 0.1) is 12.8 Å². The molecule has 0 saturated carbocycles. The van der Waals surface area contributed by atoms with Gasteiger partial charge < -0.3 is 14.8 Å². The molecule has 4 rings (SSSR count). The van der Waals surface area contributed by atoms with Crippen LogP contribution in [-0.4, -0.2) is 37.1 Å². The SMILES string of the molecule is Cc1cccc(CN2CCCC(C(=O)Nc3ccc4c(c3)OCCO4)C2)c1. The summed E-state index contributed by atoms with van der Waals surface area (Å²) in [5.74, 6) is 1.53. The summed E-state index contributed by atoms with van der Waals surface area (Å²) >= 11 is 0. The summed E-state index contributed by atoms with van der Waals surface area (Å²) < 4.78 is 11.1. The lowest BCUT2D eigenvalue weighted by Crippen LogP contribution is -2.40. The number of carbonyl (C=O) groups is 1. The number of anilines is 1. The summed E-state index contributed by atoms with van der Waals surface area (Å²) in [6, 6.07) is 14.2. The molecule has 5 heteroatoms. The normalized spacial score (nSPS) is 19.5. The number of nitrogens with zero attached hydrogens (tertiary/aromatic N) is 1. The number of fused-ring (bicyclic) bond motifs is 1. The number of aryl methyl sites for hydroxylation is 1. The third kappa shape index (κ3) is 4.42. The highest BCUT2D eigenvalue weighted by Crippen LogP contribution is 2.33. The van der Waals surface area contributed by atoms with Gasteiger partial charge in [-0.15, -0.1) is 0 Å². The Morgan fingerprint density at radius 3 is 2.85 bits per heavy atom. The molecule has 1 atom stereocenters. The maximum absolute atomic E-state index is 12.8. The highest BCUT2D eigenvalue weighted by Gasteiger charge is 2.26. The molecular formula is C22H26N2O3. The van der Waals surface area contributed by atoms with Gasteiger partial charge in [-0.25, -0.2) is 0 Å². The first kappa shape index (κ1) is 17.9. The minimum Gasteiger partial charge on any atom is -0.486 e. The van der Waals surface area contributed by atoms with Crippen molar-refractivity contribution in [3.8, 4) is 11.5 Å². The Bertz CT molecular complexity index is 821. The van der Waals surface area contributed by atoms with Gasteiger partial charge in [-0.05, 0) is 44.0 Å². The van der Waals surface area contributed by atoms with Gasteiger partial charge in [0.25, 0.3) is 0 Å². The first-order chi connectivity index (χ1) is 13.2. The monoisotopic (exact) mass is 366 g/mol. The number of piperidine rings is 1. The zero-order valence-electron chi connectivity index (χ0n) is 15.7. The average Bonchev–Trinajstić information content (AvgIpc) is 2.68. The number of carbonyl (C=O) groups excluding carboxylic acids is 1. The maximum atomic E-state index is 12.8. The largest absolute Gasteiger partial charge is 0.486 e. The van der Waals surface area contributed by atoms with Crippen LogP contribution < -0.4 is 14.8 Å². The van der Waals surface area contributed by atoms with Crippen LogP contribution >= 0.6 is 0 Å². The van der Waals surface area contributed by atoms with Gasteiger partial charge in [0.15, 0.2) is 11.5 Å². The van der Waals surface area contributed by atoms with Gasteiger partial charge in [0, 0.05) is 24.8 Å². The summed E-state index contributed by atoms with van der Waals surface area (Å²) in [7, 11) is 0. The molecule has 0 spiro atoms. The van der Waals surface area contributed by atoms with Crippen molar-refractivity contribution in [3.63, 3.8) is 0 Å². The molecule has 0 bridgehead atoms. The smallest absolute Gasteiger partial charge is 0.228 e. The van der Waals surface area contributed by atoms with Crippen LogP contribution in [0.5, 0.6) is 11.5 Å². The van der Waals surface area contributed by atoms with Gasteiger partial charge in [0.05, 0.1) is 5.92 Å². The maximum Gasteiger partial charge on any atom is 0.228 e. The van der Waals surface area contributed by atoms with Crippen LogP contribution in [-0.2, 0) is 11.3 Å². The van der Waals surface area contributed by atoms with Crippen molar-refractivity contribution >= 4 is 11.6 Å². The van der Waals surface area contributed by atoms with Gasteiger partial charge in [-0.2, -0.15) is 0 Å². The summed E-state index contributed by atoms with van der Waals surface area (Å²) in [5.41, 5.74) is 3.35. The van der Waals surface area contributed by atoms with Crippen molar-refractivity contribution in [1.82, 2.24) is 4.90 Å². The van der Waals surface area contributed by atoms with E-state index in [0.717, 1.165) is 43.9 Å². The third-order valence-electron chi connectivity index (χ3n) is 5.17. The number of rotatable bonds is 4. The van der Waals surface area contributed by atoms with Crippen molar-refractivity contribution in [2.45, 2.75) is 26.3 Å². The minimum atomic E-state index is 0.0109. The molecule has 2 aliphatic rings. The molecule has 0 aliphatic carbocycles. The first-order valence-electron chi connectivity index (χ1n) is 9.66. The second-order valence-corrected chi connectivity index (χ2v) is 7.41. The van der Waals surface area contributed by atoms with Crippen LogP contribution in [0.4, 0.5) is 5.69 Å². The second-order valence-electron chi connectivity index (χ2n) is 7.41. The molecule has 2 aromatic carbocycles. The number of hydrogen-bond donors (Lipinski definition) is 1. The molecule has 2 heterocycles. The van der Waals surface area contributed by atoms with Crippen molar-refractivity contribution in [2.75, 3.05) is 31.6 Å². The lowest BCUT2D eigenvalue weighted by atomic mass is 9.96. The fourth-order valence-corrected chi connectivity index (χ4v) is 3.85. The van der Waals surface area contributed by atoms with E-state index in [0.29, 0.717) is 19.0 Å². The topological polar surface area (TPSA) is 50.8 Å². The van der Waals surface area contributed by atoms with Crippen molar-refractivity contribution in [1.29, 1.82) is 0 Å². The number of nitrogens with one attached hydrogen (secondary N) is 1. The van der Waals surface area contributed by atoms with Gasteiger partial charge in [0.1, 0.15) is 13.2 Å². The molecule has 2 aromatic rings. The number of amides is 1. The summed E-state index contributed by atoms with van der Waals surface area (Å²) in [6.07, 6.45) is 1.98. The zero-order valence-corrected chi connectivity index (χ0v) is 15.7. The van der Waals surface area contributed by atoms with Crippen molar-refractivity contribution in [3.05, 3.63) is 53.6 Å². The Hall–Kier alpha value is -2.53. The van der Waals surface area contributed by atoms with E-state index in [1.165, 1.54) is 11.1 Å². The predicted octanol–water partition coefficient (Wildman–Crippen LogP) is 3.62. The summed E-state index contributed by atoms with van der Waals surface area (Å²) in [4.78, 5) is 15.2. The van der Waals surface area contributed by atoms with Crippen LogP contribution in [0.15, 0.2) is 42.5 Å². The van der Waals surface area contributed by atoms with Crippen LogP contribution in [0.1, 0.15) is 24.0 Å². The fourth-order valence-electron chi connectivity index (χ4n) is 3.85. The van der Waals surface area contributed by atoms with E-state index < -0.39 is 0 Å². The fraction of sp³-hybridized carbons (Fsp3) is 0.409. The Morgan fingerprint density at radius 1 is 1.15 bits per heavy atom. The first-order valence-corrected chi connectivity index (χ1v) is 9.66. The van der Waals surface area contributed by atoms with Crippen LogP contribution in [0.25, 0.3) is 0 Å². The molecule has 27 heavy (non-hydrogen) atoms. The Kier molecular flexibility index (Phi) is 5.30. The van der Waals surface area contributed by atoms with E-state index in [4.69, 9.17) is 9.47 Å². The molecular weight excluding hydrogens is 340 g/mol. The standard InChI is InChI=1S/C22H26N2O3/c1-16-4-2-5-17(12-16)14-24-9-3-6-18(15-24)22(25)23-19-7-8-20-21(13-19)27-11-10-26-20/h2,4-5,7-8,12-13,18H,3,6,9-11,14-15H2,1H3,(H,23,25). The second kappa shape index (κ2) is 8.01. The molecule has 1 saturated heterocycles. The van der Waals surface area contributed by atoms with Gasteiger partial charge in [-0.1, -0.05) is 29.8 Å². The zero-order chi connectivity index (χ0) is 18.6. The Balaban J connectivity index is 1.37. The number of benzene rings is 2. The number of hydrogen-bond acceptors (Lipinski definition) is 4. The molecule has 2 aliphatic heterocycles. The molecule has 0 aromatic heterocycles. The molecule has 1 unspecified atom stereocenters. The van der Waals surface area contributed by atoms with E-state index in [-0.39, 0.29) is 11.8 Å². The molecule has 1 N–H and O–H groups in total. The summed E-state index contributed by atoms with van der Waals surface area (Å²) in [6.45, 7) is 5.96. The summed E-state index contributed by atoms with van der Waals surface area (Å²) in [5, 5.41) is 3.05. The van der Waals surface area contributed by atoms with E-state index in [9.17, 15) is 4.79 Å². The Labute approximate surface area is 160 Å². The molecule has 142 valence electrons. The third-order valence-corrected chi connectivity index (χ3v) is 5.17. The average molecular weight is 366 g/mol. The predicted molar refractivity (Wildman–Crippen MR) is 105 cm³/mol. The lowest BCUT2D eigenvalue weighted by Gasteiger charge is -2.32. The molecule has 5 nitrogen and oxygen atoms in total. The van der Waals surface area contributed by atoms with E-state index in [1.807, 2.05) is 18.2 Å². The molecule has 1 amide bonds. The number of likely N-dealkylation sites (tertiary alicyclic amines) is 1. The minimum absolute atomic E-state index is 0.0109. The quantitative estimate of drug-likeness (QED) is 0.898. The number of ether oxygens (including phenoxy) is 2. The molecule has 0 radical (unpaired) electrons. The molecule has 1 fully saturated rings. The Morgan fingerprint density at radius 2 is 2.00 bits per heavy atom. The van der Waals surface area contributed by atoms with E-state index in [2.05, 4.69) is 41.4 Å². The lowest BCUT2D eigenvalue weighted by molar-refractivity contribution is -0.121. The van der Waals surface area contributed by atoms with E-state index in [1.54, 1.807) is 0 Å². The van der Waals surface area contributed by atoms with Crippen molar-refractivity contribution < 1.29 is 14.3 Å². The highest BCUT2D eigenvalue weighted by atomic mass is 16.6. The van der Waals surface area contributed by atoms with Gasteiger partial charge in [0.2, 0.25) is 5.91 Å². The van der Waals surface area contributed by atoms with Gasteiger partial charge in [-0.3, -0.25) is 9.69 Å². The van der Waals surface area contributed by atoms with Gasteiger partial charge >= 0.3 is 0 Å². The highest BCUT2D eigenvalue weighted by molar-refractivity contribution is 5.93. The van der Waals surface area contributed by atoms with Crippen molar-refractivity contribution in [2.24, 2.45) is 5.92 Å². The van der Waals surface area contributed by atoms with E-state index >= 15 is 0 Å². The van der Waals surface area contributed by atoms with Crippen LogP contribution in [0.3, 0.4) is 0 Å².